The van der Waals surface area contributed by atoms with Gasteiger partial charge in [-0.1, -0.05) is 6.07 Å². The van der Waals surface area contributed by atoms with E-state index in [1.165, 1.54) is 29.0 Å². The third-order valence-electron chi connectivity index (χ3n) is 4.76. The van der Waals surface area contributed by atoms with Crippen LogP contribution >= 0.6 is 11.8 Å². The van der Waals surface area contributed by atoms with E-state index in [9.17, 15) is 17.6 Å². The van der Waals surface area contributed by atoms with Crippen molar-refractivity contribution < 1.29 is 17.6 Å². The molecule has 0 spiro atoms. The summed E-state index contributed by atoms with van der Waals surface area (Å²) in [4.78, 5) is 19.1. The highest BCUT2D eigenvalue weighted by molar-refractivity contribution is 7.99. The number of hydrogen-bond donors (Lipinski definition) is 2. The largest absolute Gasteiger partial charge is 0.356 e. The standard InChI is InChI=1S/C19H20FN5O3S2/c20-16-9-14(1-2-18(16)24-4-3-21-13-24)11-23-19(26)17-10-15(12-22-17)30(27,28)25-5-7-29-8-6-25/h1-4,9-10,12-13,22H,5-8,11H2,(H,23,26). The first-order valence-electron chi connectivity index (χ1n) is 9.26. The van der Waals surface area contributed by atoms with Crippen LogP contribution in [-0.2, 0) is 16.6 Å². The highest BCUT2D eigenvalue weighted by atomic mass is 32.2. The summed E-state index contributed by atoms with van der Waals surface area (Å²) in [5.74, 6) is 0.609. The number of carbonyl (C=O) groups is 1. The van der Waals surface area contributed by atoms with E-state index < -0.39 is 21.7 Å². The highest BCUT2D eigenvalue weighted by Crippen LogP contribution is 2.21. The fraction of sp³-hybridized carbons (Fsp3) is 0.263. The molecule has 0 saturated carbocycles. The number of H-pyrrole nitrogens is 1. The minimum absolute atomic E-state index is 0.0651. The molecular formula is C19H20FN5O3S2. The van der Waals surface area contributed by atoms with Gasteiger partial charge >= 0.3 is 0 Å². The number of amides is 1. The Balaban J connectivity index is 1.41. The van der Waals surface area contributed by atoms with E-state index in [2.05, 4.69) is 15.3 Å². The monoisotopic (exact) mass is 449 g/mol. The van der Waals surface area contributed by atoms with Gasteiger partial charge in [0.05, 0.1) is 12.0 Å². The Bertz CT molecular complexity index is 1140. The van der Waals surface area contributed by atoms with Crippen molar-refractivity contribution in [3.63, 3.8) is 0 Å². The number of aromatic amines is 1. The van der Waals surface area contributed by atoms with Gasteiger partial charge in [-0.05, 0) is 23.8 Å². The van der Waals surface area contributed by atoms with Crippen LogP contribution in [-0.4, -0.2) is 57.8 Å². The maximum atomic E-state index is 14.3. The molecule has 4 rings (SSSR count). The Morgan fingerprint density at radius 2 is 2.07 bits per heavy atom. The van der Waals surface area contributed by atoms with Crippen molar-refractivity contribution in [1.82, 2.24) is 24.2 Å². The Morgan fingerprint density at radius 1 is 1.27 bits per heavy atom. The molecule has 2 N–H and O–H groups in total. The van der Waals surface area contributed by atoms with Gasteiger partial charge in [0.25, 0.3) is 5.91 Å². The summed E-state index contributed by atoms with van der Waals surface area (Å²) in [5, 5.41) is 2.67. The number of thioether (sulfide) groups is 1. The Labute approximate surface area is 177 Å². The lowest BCUT2D eigenvalue weighted by Crippen LogP contribution is -2.37. The van der Waals surface area contributed by atoms with Crippen LogP contribution in [0, 0.1) is 5.82 Å². The predicted octanol–water partition coefficient (Wildman–Crippen LogP) is 2.01. The van der Waals surface area contributed by atoms with E-state index in [1.807, 2.05) is 0 Å². The fourth-order valence-corrected chi connectivity index (χ4v) is 5.71. The molecule has 1 aliphatic heterocycles. The quantitative estimate of drug-likeness (QED) is 0.600. The van der Waals surface area contributed by atoms with Gasteiger partial charge in [-0.3, -0.25) is 4.79 Å². The van der Waals surface area contributed by atoms with Crippen LogP contribution in [0.4, 0.5) is 4.39 Å². The highest BCUT2D eigenvalue weighted by Gasteiger charge is 2.27. The fourth-order valence-electron chi connectivity index (χ4n) is 3.14. The van der Waals surface area contributed by atoms with Crippen LogP contribution in [0.1, 0.15) is 16.1 Å². The maximum Gasteiger partial charge on any atom is 0.268 e. The third-order valence-corrected chi connectivity index (χ3v) is 7.58. The maximum absolute atomic E-state index is 14.3. The van der Waals surface area contributed by atoms with Crippen LogP contribution in [0.15, 0.2) is 54.1 Å². The van der Waals surface area contributed by atoms with E-state index in [0.29, 0.717) is 24.3 Å². The van der Waals surface area contributed by atoms with Crippen molar-refractivity contribution in [1.29, 1.82) is 0 Å². The van der Waals surface area contributed by atoms with Gasteiger partial charge in [-0.25, -0.2) is 17.8 Å². The molecule has 3 aromatic rings. The molecule has 0 atom stereocenters. The minimum Gasteiger partial charge on any atom is -0.356 e. The number of halogens is 1. The number of imidazole rings is 1. The number of rotatable bonds is 6. The van der Waals surface area contributed by atoms with E-state index in [1.54, 1.807) is 40.9 Å². The normalized spacial score (nSPS) is 15.2. The molecule has 0 radical (unpaired) electrons. The van der Waals surface area contributed by atoms with E-state index in [-0.39, 0.29) is 17.1 Å². The molecule has 1 aliphatic rings. The number of nitrogens with one attached hydrogen (secondary N) is 2. The lowest BCUT2D eigenvalue weighted by Gasteiger charge is -2.24. The van der Waals surface area contributed by atoms with Gasteiger partial charge < -0.3 is 14.9 Å². The van der Waals surface area contributed by atoms with Crippen LogP contribution in [0.2, 0.25) is 0 Å². The number of carbonyl (C=O) groups excluding carboxylic acids is 1. The number of sulfonamides is 1. The average molecular weight is 450 g/mol. The number of aromatic nitrogens is 3. The summed E-state index contributed by atoms with van der Waals surface area (Å²) in [6.07, 6.45) is 6.02. The molecule has 30 heavy (non-hydrogen) atoms. The molecule has 1 fully saturated rings. The molecule has 8 nitrogen and oxygen atoms in total. The number of hydrogen-bond acceptors (Lipinski definition) is 5. The van der Waals surface area contributed by atoms with Gasteiger partial charge in [0, 0.05) is 49.7 Å². The SMILES string of the molecule is O=C(NCc1ccc(-n2ccnc2)c(F)c1)c1cc(S(=O)(=O)N2CCSCC2)c[nH]1. The molecule has 1 saturated heterocycles. The summed E-state index contributed by atoms with van der Waals surface area (Å²) in [7, 11) is -3.62. The van der Waals surface area contributed by atoms with Crippen LogP contribution in [0.3, 0.4) is 0 Å². The molecule has 1 aromatic carbocycles. The van der Waals surface area contributed by atoms with Crippen LogP contribution in [0.25, 0.3) is 5.69 Å². The van der Waals surface area contributed by atoms with Crippen molar-refractivity contribution in [2.45, 2.75) is 11.4 Å². The first-order chi connectivity index (χ1) is 14.4. The zero-order valence-corrected chi connectivity index (χ0v) is 17.5. The first kappa shape index (κ1) is 20.6. The zero-order chi connectivity index (χ0) is 21.1. The van der Waals surface area contributed by atoms with Crippen molar-refractivity contribution in [3.8, 4) is 5.69 Å². The van der Waals surface area contributed by atoms with Crippen molar-refractivity contribution in [2.24, 2.45) is 0 Å². The van der Waals surface area contributed by atoms with Crippen LogP contribution < -0.4 is 5.32 Å². The second kappa shape index (κ2) is 8.62. The predicted molar refractivity (Wildman–Crippen MR) is 112 cm³/mol. The number of benzene rings is 1. The Kier molecular flexibility index (Phi) is 5.93. The summed E-state index contributed by atoms with van der Waals surface area (Å²) >= 11 is 1.72. The molecule has 2 aromatic heterocycles. The molecule has 3 heterocycles. The molecule has 0 aliphatic carbocycles. The molecule has 0 bridgehead atoms. The molecular weight excluding hydrogens is 429 g/mol. The number of nitrogens with zero attached hydrogens (tertiary/aromatic N) is 3. The van der Waals surface area contributed by atoms with Gasteiger partial charge in [0.1, 0.15) is 16.4 Å². The second-order valence-corrected chi connectivity index (χ2v) is 9.87. The summed E-state index contributed by atoms with van der Waals surface area (Å²) in [6.45, 7) is 1.02. The van der Waals surface area contributed by atoms with Crippen molar-refractivity contribution >= 4 is 27.7 Å². The summed E-state index contributed by atoms with van der Waals surface area (Å²) in [6, 6.07) is 5.98. The molecule has 158 valence electrons. The van der Waals surface area contributed by atoms with Crippen molar-refractivity contribution in [2.75, 3.05) is 24.6 Å². The molecule has 1 amide bonds. The van der Waals surface area contributed by atoms with Gasteiger partial charge in [-0.2, -0.15) is 16.1 Å². The average Bonchev–Trinajstić information content (AvgIpc) is 3.45. The smallest absolute Gasteiger partial charge is 0.268 e. The van der Waals surface area contributed by atoms with Gasteiger partial charge in [-0.15, -0.1) is 0 Å². The van der Waals surface area contributed by atoms with E-state index in [0.717, 1.165) is 11.5 Å². The Hall–Kier alpha value is -2.63. The topological polar surface area (TPSA) is 100 Å². The van der Waals surface area contributed by atoms with Gasteiger partial charge in [0.15, 0.2) is 0 Å². The summed E-state index contributed by atoms with van der Waals surface area (Å²) < 4.78 is 42.7. The van der Waals surface area contributed by atoms with Crippen molar-refractivity contribution in [3.05, 3.63) is 66.3 Å². The zero-order valence-electron chi connectivity index (χ0n) is 15.9. The molecule has 0 unspecified atom stereocenters. The molecule has 11 heteroatoms. The Morgan fingerprint density at radius 3 is 2.77 bits per heavy atom. The summed E-state index contributed by atoms with van der Waals surface area (Å²) in [5.41, 5.74) is 1.07. The lowest BCUT2D eigenvalue weighted by atomic mass is 10.2. The lowest BCUT2D eigenvalue weighted by molar-refractivity contribution is 0.0946. The van der Waals surface area contributed by atoms with Crippen LogP contribution in [0.5, 0.6) is 0 Å². The minimum atomic E-state index is -3.62. The second-order valence-electron chi connectivity index (χ2n) is 6.70. The van der Waals surface area contributed by atoms with Gasteiger partial charge in [0.2, 0.25) is 10.0 Å². The first-order valence-corrected chi connectivity index (χ1v) is 11.9. The van der Waals surface area contributed by atoms with E-state index in [4.69, 9.17) is 0 Å². The van der Waals surface area contributed by atoms with E-state index >= 15 is 0 Å². The third kappa shape index (κ3) is 4.27.